The van der Waals surface area contributed by atoms with E-state index in [9.17, 15) is 0 Å². The van der Waals surface area contributed by atoms with Crippen LogP contribution in [0.15, 0.2) is 4.99 Å². The summed E-state index contributed by atoms with van der Waals surface area (Å²) >= 11 is 0. The van der Waals surface area contributed by atoms with Gasteiger partial charge in [-0.05, 0) is 18.3 Å². The maximum atomic E-state index is 4.79. The molecule has 0 N–H and O–H groups in total. The van der Waals surface area contributed by atoms with E-state index < -0.39 is 0 Å². The van der Waals surface area contributed by atoms with Gasteiger partial charge in [0.1, 0.15) is 0 Å². The number of nitrogens with zero attached hydrogens (tertiary/aromatic N) is 3. The van der Waals surface area contributed by atoms with Gasteiger partial charge in [0, 0.05) is 34.7 Å². The van der Waals surface area contributed by atoms with Crippen molar-refractivity contribution < 1.29 is 0 Å². The topological polar surface area (TPSA) is 18.8 Å². The third-order valence-electron chi connectivity index (χ3n) is 3.46. The van der Waals surface area contributed by atoms with E-state index in [0.717, 1.165) is 12.5 Å². The molecule has 94 valence electrons. The van der Waals surface area contributed by atoms with Crippen LogP contribution in [-0.2, 0) is 0 Å². The molecular weight excluding hydrogens is 198 g/mol. The number of hydrogen-bond acceptors (Lipinski definition) is 1. The van der Waals surface area contributed by atoms with Crippen LogP contribution in [0.2, 0.25) is 0 Å². The van der Waals surface area contributed by atoms with Crippen LogP contribution in [0, 0.1) is 5.41 Å². The summed E-state index contributed by atoms with van der Waals surface area (Å²) < 4.78 is 0. The van der Waals surface area contributed by atoms with Crippen molar-refractivity contribution >= 4 is 5.96 Å². The summed E-state index contributed by atoms with van der Waals surface area (Å²) in [7, 11) is 8.23. The van der Waals surface area contributed by atoms with Crippen molar-refractivity contribution in [1.82, 2.24) is 9.80 Å². The SMILES string of the molecule is CN(C)C(=NCC1(C)CCCCC1)N(C)C. The van der Waals surface area contributed by atoms with Crippen LogP contribution in [0.25, 0.3) is 0 Å². The predicted molar refractivity (Wildman–Crippen MR) is 70.9 cm³/mol. The average Bonchev–Trinajstić information content (AvgIpc) is 2.17. The van der Waals surface area contributed by atoms with Crippen molar-refractivity contribution in [3.05, 3.63) is 0 Å². The number of aliphatic imine (C=N–C) groups is 1. The third kappa shape index (κ3) is 3.69. The Morgan fingerprint density at radius 1 is 1.00 bits per heavy atom. The van der Waals surface area contributed by atoms with Crippen LogP contribution in [0.1, 0.15) is 39.0 Å². The highest BCUT2D eigenvalue weighted by Crippen LogP contribution is 2.35. The zero-order chi connectivity index (χ0) is 12.2. The third-order valence-corrected chi connectivity index (χ3v) is 3.46. The lowest BCUT2D eigenvalue weighted by molar-refractivity contribution is 0.225. The molecule has 0 amide bonds. The largest absolute Gasteiger partial charge is 0.349 e. The Morgan fingerprint density at radius 3 is 1.94 bits per heavy atom. The van der Waals surface area contributed by atoms with E-state index in [1.165, 1.54) is 32.1 Å². The fourth-order valence-corrected chi connectivity index (χ4v) is 2.51. The highest BCUT2D eigenvalue weighted by Gasteiger charge is 2.26. The van der Waals surface area contributed by atoms with E-state index in [1.54, 1.807) is 0 Å². The molecule has 16 heavy (non-hydrogen) atoms. The summed E-state index contributed by atoms with van der Waals surface area (Å²) in [4.78, 5) is 8.97. The smallest absolute Gasteiger partial charge is 0.195 e. The molecule has 0 aliphatic heterocycles. The molecule has 0 bridgehead atoms. The summed E-state index contributed by atoms with van der Waals surface area (Å²) in [6, 6.07) is 0. The summed E-state index contributed by atoms with van der Waals surface area (Å²) in [6.45, 7) is 3.36. The fourth-order valence-electron chi connectivity index (χ4n) is 2.51. The van der Waals surface area contributed by atoms with Gasteiger partial charge in [0.2, 0.25) is 0 Å². The fraction of sp³-hybridized carbons (Fsp3) is 0.923. The van der Waals surface area contributed by atoms with Gasteiger partial charge in [-0.3, -0.25) is 4.99 Å². The number of hydrogen-bond donors (Lipinski definition) is 0. The maximum Gasteiger partial charge on any atom is 0.195 e. The molecule has 0 aromatic heterocycles. The summed E-state index contributed by atoms with van der Waals surface area (Å²) in [5.74, 6) is 1.08. The Labute approximate surface area is 101 Å². The average molecular weight is 225 g/mol. The van der Waals surface area contributed by atoms with E-state index >= 15 is 0 Å². The Bertz CT molecular complexity index is 228. The van der Waals surface area contributed by atoms with E-state index in [1.807, 2.05) is 0 Å². The van der Waals surface area contributed by atoms with Crippen molar-refractivity contribution in [1.29, 1.82) is 0 Å². The first-order chi connectivity index (χ1) is 7.44. The Kier molecular flexibility index (Phi) is 4.63. The van der Waals surface area contributed by atoms with Crippen molar-refractivity contribution in [3.63, 3.8) is 0 Å². The second-order valence-corrected chi connectivity index (χ2v) is 5.78. The minimum absolute atomic E-state index is 0.440. The maximum absolute atomic E-state index is 4.79. The number of rotatable bonds is 2. The van der Waals surface area contributed by atoms with Crippen molar-refractivity contribution in [3.8, 4) is 0 Å². The Hall–Kier alpha value is -0.730. The molecule has 0 heterocycles. The van der Waals surface area contributed by atoms with Gasteiger partial charge in [0.15, 0.2) is 5.96 Å². The molecule has 0 aromatic carbocycles. The lowest BCUT2D eigenvalue weighted by Gasteiger charge is -2.33. The quantitative estimate of drug-likeness (QED) is 0.531. The van der Waals surface area contributed by atoms with Gasteiger partial charge < -0.3 is 9.80 Å². The molecule has 1 rings (SSSR count). The van der Waals surface area contributed by atoms with Gasteiger partial charge in [-0.1, -0.05) is 26.2 Å². The van der Waals surface area contributed by atoms with Crippen LogP contribution in [0.4, 0.5) is 0 Å². The van der Waals surface area contributed by atoms with Gasteiger partial charge >= 0.3 is 0 Å². The molecular formula is C13H27N3. The first-order valence-corrected chi connectivity index (χ1v) is 6.34. The van der Waals surface area contributed by atoms with Gasteiger partial charge in [0.25, 0.3) is 0 Å². The van der Waals surface area contributed by atoms with E-state index in [0.29, 0.717) is 5.41 Å². The summed E-state index contributed by atoms with van der Waals surface area (Å²) in [5, 5.41) is 0. The normalized spacial score (nSPS) is 19.1. The molecule has 3 heteroatoms. The highest BCUT2D eigenvalue weighted by atomic mass is 15.3. The molecule has 1 fully saturated rings. The minimum Gasteiger partial charge on any atom is -0.349 e. The summed E-state index contributed by atoms with van der Waals surface area (Å²) in [5.41, 5.74) is 0.440. The van der Waals surface area contributed by atoms with Crippen LogP contribution < -0.4 is 0 Å². The second kappa shape index (κ2) is 5.55. The summed E-state index contributed by atoms with van der Waals surface area (Å²) in [6.07, 6.45) is 6.85. The Balaban J connectivity index is 2.61. The van der Waals surface area contributed by atoms with Gasteiger partial charge in [-0.15, -0.1) is 0 Å². The van der Waals surface area contributed by atoms with Crippen molar-refractivity contribution in [2.24, 2.45) is 10.4 Å². The lowest BCUT2D eigenvalue weighted by Crippen LogP contribution is -2.36. The zero-order valence-electron chi connectivity index (χ0n) is 11.6. The van der Waals surface area contributed by atoms with Crippen molar-refractivity contribution in [2.75, 3.05) is 34.7 Å². The van der Waals surface area contributed by atoms with Gasteiger partial charge in [-0.25, -0.2) is 0 Å². The first kappa shape index (κ1) is 13.3. The molecule has 0 atom stereocenters. The molecule has 1 aliphatic rings. The molecule has 1 saturated carbocycles. The van der Waals surface area contributed by atoms with Gasteiger partial charge in [0.05, 0.1) is 0 Å². The molecule has 0 radical (unpaired) electrons. The highest BCUT2D eigenvalue weighted by molar-refractivity contribution is 5.79. The molecule has 3 nitrogen and oxygen atoms in total. The zero-order valence-corrected chi connectivity index (χ0v) is 11.6. The molecule has 0 spiro atoms. The predicted octanol–water partition coefficient (Wildman–Crippen LogP) is 2.44. The first-order valence-electron chi connectivity index (χ1n) is 6.34. The standard InChI is InChI=1S/C13H27N3/c1-13(9-7-6-8-10-13)11-14-12(15(2)3)16(4)5/h6-11H2,1-5H3. The van der Waals surface area contributed by atoms with Crippen LogP contribution >= 0.6 is 0 Å². The van der Waals surface area contributed by atoms with Gasteiger partial charge in [-0.2, -0.15) is 0 Å². The molecule has 0 saturated heterocycles. The van der Waals surface area contributed by atoms with E-state index in [2.05, 4.69) is 44.9 Å². The Morgan fingerprint density at radius 2 is 1.50 bits per heavy atom. The second-order valence-electron chi connectivity index (χ2n) is 5.78. The lowest BCUT2D eigenvalue weighted by atomic mass is 9.76. The van der Waals surface area contributed by atoms with Crippen molar-refractivity contribution in [2.45, 2.75) is 39.0 Å². The molecule has 1 aliphatic carbocycles. The molecule has 0 aromatic rings. The van der Waals surface area contributed by atoms with Crippen LogP contribution in [0.3, 0.4) is 0 Å². The minimum atomic E-state index is 0.440. The van der Waals surface area contributed by atoms with E-state index in [-0.39, 0.29) is 0 Å². The van der Waals surface area contributed by atoms with E-state index in [4.69, 9.17) is 4.99 Å². The number of guanidine groups is 1. The van der Waals surface area contributed by atoms with Crippen LogP contribution in [-0.4, -0.2) is 50.5 Å². The monoisotopic (exact) mass is 225 g/mol. The molecule has 0 unspecified atom stereocenters. The van der Waals surface area contributed by atoms with Crippen LogP contribution in [0.5, 0.6) is 0 Å².